The summed E-state index contributed by atoms with van der Waals surface area (Å²) in [6.45, 7) is 1.49. The van der Waals surface area contributed by atoms with Gasteiger partial charge in [0.25, 0.3) is 11.8 Å². The highest BCUT2D eigenvalue weighted by Crippen LogP contribution is 2.31. The summed E-state index contributed by atoms with van der Waals surface area (Å²) in [6.07, 6.45) is 6.76. The first kappa shape index (κ1) is 23.1. The summed E-state index contributed by atoms with van der Waals surface area (Å²) in [5.41, 5.74) is 1.96. The van der Waals surface area contributed by atoms with E-state index in [1.165, 1.54) is 10.4 Å². The van der Waals surface area contributed by atoms with Crippen LogP contribution in [0.15, 0.2) is 53.4 Å². The van der Waals surface area contributed by atoms with Crippen LogP contribution >= 0.6 is 0 Å². The molecule has 0 bridgehead atoms. The maximum atomic E-state index is 13.4. The molecule has 2 aromatic rings. The second-order valence-electron chi connectivity index (χ2n) is 9.60. The normalized spacial score (nSPS) is 18.9. The number of hydrogen-bond donors (Lipinski definition) is 1. The van der Waals surface area contributed by atoms with Crippen molar-refractivity contribution in [1.82, 2.24) is 14.5 Å². The molecule has 0 atom stereocenters. The van der Waals surface area contributed by atoms with Crippen LogP contribution in [0.4, 0.5) is 0 Å². The van der Waals surface area contributed by atoms with Crippen LogP contribution in [0.2, 0.25) is 0 Å². The van der Waals surface area contributed by atoms with Gasteiger partial charge in [-0.15, -0.1) is 0 Å². The van der Waals surface area contributed by atoms with Crippen molar-refractivity contribution in [3.05, 3.63) is 65.2 Å². The Kier molecular flexibility index (Phi) is 6.44. The Morgan fingerprint density at radius 3 is 2.26 bits per heavy atom. The van der Waals surface area contributed by atoms with Gasteiger partial charge in [0, 0.05) is 42.8 Å². The van der Waals surface area contributed by atoms with Crippen LogP contribution in [0.25, 0.3) is 0 Å². The molecule has 0 aromatic heterocycles. The Labute approximate surface area is 201 Å². The van der Waals surface area contributed by atoms with Gasteiger partial charge in [-0.2, -0.15) is 4.31 Å². The highest BCUT2D eigenvalue weighted by molar-refractivity contribution is 7.89. The van der Waals surface area contributed by atoms with E-state index in [9.17, 15) is 18.0 Å². The maximum Gasteiger partial charge on any atom is 0.254 e. The van der Waals surface area contributed by atoms with Gasteiger partial charge in [-0.3, -0.25) is 9.59 Å². The lowest BCUT2D eigenvalue weighted by molar-refractivity contribution is 0.0729. The van der Waals surface area contributed by atoms with E-state index in [1.54, 1.807) is 30.3 Å². The van der Waals surface area contributed by atoms with E-state index in [4.69, 9.17) is 0 Å². The number of rotatable bonds is 8. The molecule has 0 radical (unpaired) electrons. The third-order valence-corrected chi connectivity index (χ3v) is 8.66. The number of amides is 2. The molecule has 1 saturated heterocycles. The standard InChI is InChI=1S/C26H31N3O4S/c30-25(27-22-11-12-22)20-9-7-19(8-10-20)18-29(23-13-14-23)26(31)21-5-4-6-24(17-21)34(32,33)28-15-2-1-3-16-28/h4-10,17,22-23H,1-3,11-16,18H2,(H,27,30). The highest BCUT2D eigenvalue weighted by Gasteiger charge is 2.34. The van der Waals surface area contributed by atoms with Crippen LogP contribution in [0, 0.1) is 0 Å². The number of nitrogens with zero attached hydrogens (tertiary/aromatic N) is 2. The van der Waals surface area contributed by atoms with Crippen molar-refractivity contribution < 1.29 is 18.0 Å². The molecule has 3 fully saturated rings. The zero-order valence-corrected chi connectivity index (χ0v) is 20.1. The number of sulfonamides is 1. The predicted molar refractivity (Wildman–Crippen MR) is 129 cm³/mol. The molecule has 0 unspecified atom stereocenters. The molecular formula is C26H31N3O4S. The zero-order chi connectivity index (χ0) is 23.7. The summed E-state index contributed by atoms with van der Waals surface area (Å²) in [4.78, 5) is 27.7. The maximum absolute atomic E-state index is 13.4. The lowest BCUT2D eigenvalue weighted by atomic mass is 10.1. The van der Waals surface area contributed by atoms with E-state index in [0.29, 0.717) is 36.8 Å². The molecule has 7 nitrogen and oxygen atoms in total. The fourth-order valence-electron chi connectivity index (χ4n) is 4.42. The van der Waals surface area contributed by atoms with Crippen LogP contribution in [0.5, 0.6) is 0 Å². The van der Waals surface area contributed by atoms with Gasteiger partial charge in [0.15, 0.2) is 0 Å². The lowest BCUT2D eigenvalue weighted by Gasteiger charge is -2.26. The number of carbonyl (C=O) groups is 2. The summed E-state index contributed by atoms with van der Waals surface area (Å²) < 4.78 is 27.7. The first-order valence-electron chi connectivity index (χ1n) is 12.2. The number of benzene rings is 2. The fraction of sp³-hybridized carbons (Fsp3) is 0.462. The van der Waals surface area contributed by atoms with Crippen LogP contribution in [0.1, 0.15) is 71.2 Å². The van der Waals surface area contributed by atoms with Gasteiger partial charge < -0.3 is 10.2 Å². The first-order valence-corrected chi connectivity index (χ1v) is 13.7. The van der Waals surface area contributed by atoms with Crippen molar-refractivity contribution in [1.29, 1.82) is 0 Å². The minimum atomic E-state index is -3.60. The molecule has 2 aliphatic carbocycles. The van der Waals surface area contributed by atoms with Crippen molar-refractivity contribution in [2.24, 2.45) is 0 Å². The zero-order valence-electron chi connectivity index (χ0n) is 19.3. The third-order valence-electron chi connectivity index (χ3n) is 6.76. The van der Waals surface area contributed by atoms with E-state index < -0.39 is 10.0 Å². The molecular weight excluding hydrogens is 450 g/mol. The van der Waals surface area contributed by atoms with Gasteiger partial charge in [0.2, 0.25) is 10.0 Å². The molecule has 180 valence electrons. The molecule has 0 spiro atoms. The molecule has 1 heterocycles. The monoisotopic (exact) mass is 481 g/mol. The van der Waals surface area contributed by atoms with Gasteiger partial charge in [-0.05, 0) is 74.4 Å². The molecule has 3 aliphatic rings. The van der Waals surface area contributed by atoms with Crippen LogP contribution in [-0.4, -0.2) is 54.6 Å². The van der Waals surface area contributed by atoms with Gasteiger partial charge in [-0.25, -0.2) is 8.42 Å². The Bertz CT molecular complexity index is 1160. The van der Waals surface area contributed by atoms with Gasteiger partial charge in [0.05, 0.1) is 4.90 Å². The molecule has 8 heteroatoms. The quantitative estimate of drug-likeness (QED) is 0.625. The van der Waals surface area contributed by atoms with Crippen molar-refractivity contribution in [2.45, 2.75) is 68.5 Å². The predicted octanol–water partition coefficient (Wildman–Crippen LogP) is 3.56. The highest BCUT2D eigenvalue weighted by atomic mass is 32.2. The van der Waals surface area contributed by atoms with Gasteiger partial charge >= 0.3 is 0 Å². The second kappa shape index (κ2) is 9.50. The van der Waals surface area contributed by atoms with E-state index in [1.807, 2.05) is 17.0 Å². The number of carbonyl (C=O) groups excluding carboxylic acids is 2. The Balaban J connectivity index is 1.31. The summed E-state index contributed by atoms with van der Waals surface area (Å²) in [6, 6.07) is 14.3. The minimum Gasteiger partial charge on any atom is -0.349 e. The number of hydrogen-bond acceptors (Lipinski definition) is 4. The second-order valence-corrected chi connectivity index (χ2v) is 11.5. The molecule has 1 aliphatic heterocycles. The van der Waals surface area contributed by atoms with Gasteiger partial charge in [-0.1, -0.05) is 24.6 Å². The van der Waals surface area contributed by atoms with Crippen LogP contribution in [-0.2, 0) is 16.6 Å². The summed E-state index contributed by atoms with van der Waals surface area (Å²) in [7, 11) is -3.60. The Hall–Kier alpha value is -2.71. The van der Waals surface area contributed by atoms with E-state index in [-0.39, 0.29) is 22.8 Å². The van der Waals surface area contributed by atoms with Crippen molar-refractivity contribution >= 4 is 21.8 Å². The van der Waals surface area contributed by atoms with Crippen LogP contribution < -0.4 is 5.32 Å². The van der Waals surface area contributed by atoms with Crippen molar-refractivity contribution in [3.8, 4) is 0 Å². The van der Waals surface area contributed by atoms with E-state index in [0.717, 1.165) is 50.5 Å². The van der Waals surface area contributed by atoms with Crippen molar-refractivity contribution in [3.63, 3.8) is 0 Å². The van der Waals surface area contributed by atoms with E-state index >= 15 is 0 Å². The largest absolute Gasteiger partial charge is 0.349 e. The Morgan fingerprint density at radius 2 is 1.62 bits per heavy atom. The average molecular weight is 482 g/mol. The lowest BCUT2D eigenvalue weighted by Crippen LogP contribution is -2.36. The van der Waals surface area contributed by atoms with Crippen molar-refractivity contribution in [2.75, 3.05) is 13.1 Å². The van der Waals surface area contributed by atoms with Crippen LogP contribution in [0.3, 0.4) is 0 Å². The van der Waals surface area contributed by atoms with E-state index in [2.05, 4.69) is 5.32 Å². The minimum absolute atomic E-state index is 0.0593. The van der Waals surface area contributed by atoms with Gasteiger partial charge in [0.1, 0.15) is 0 Å². The molecule has 5 rings (SSSR count). The number of nitrogens with one attached hydrogen (secondary N) is 1. The molecule has 1 N–H and O–H groups in total. The molecule has 2 amide bonds. The average Bonchev–Trinajstić information content (AvgIpc) is 3.79. The molecule has 34 heavy (non-hydrogen) atoms. The summed E-state index contributed by atoms with van der Waals surface area (Å²) >= 11 is 0. The third kappa shape index (κ3) is 5.18. The SMILES string of the molecule is O=C(NC1CC1)c1ccc(CN(C(=O)c2cccc(S(=O)(=O)N3CCCCC3)c2)C2CC2)cc1. The first-order chi connectivity index (χ1) is 16.4. The molecule has 2 aromatic carbocycles. The number of piperidine rings is 1. The fourth-order valence-corrected chi connectivity index (χ4v) is 5.98. The summed E-state index contributed by atoms with van der Waals surface area (Å²) in [5.74, 6) is -0.218. The smallest absolute Gasteiger partial charge is 0.254 e. The molecule has 2 saturated carbocycles. The topological polar surface area (TPSA) is 86.8 Å². The Morgan fingerprint density at radius 1 is 0.912 bits per heavy atom. The summed E-state index contributed by atoms with van der Waals surface area (Å²) in [5, 5.41) is 2.98.